The molecule has 0 aliphatic carbocycles. The van der Waals surface area contributed by atoms with Crippen LogP contribution in [0.2, 0.25) is 0 Å². The SMILES string of the molecule is Cc1ccc(-c2nc(C)c(C(=O)N3CC[C@H](C(=O)N4CCC(O)(Cn5cnc6c(ccn6-c6ccccc6)c5=O)CC4)[C@@H](c4ccccc4)C3)s2)cn1. The Kier molecular flexibility index (Phi) is 9.25. The van der Waals surface area contributed by atoms with Crippen LogP contribution in [-0.4, -0.2) is 82.6 Å². The maximum absolute atomic E-state index is 14.3. The average Bonchev–Trinajstić information content (AvgIpc) is 3.80. The monoisotopic (exact) mass is 727 g/mol. The van der Waals surface area contributed by atoms with Crippen molar-refractivity contribution in [1.82, 2.24) is 33.9 Å². The van der Waals surface area contributed by atoms with Crippen LogP contribution in [0.15, 0.2) is 102 Å². The van der Waals surface area contributed by atoms with Gasteiger partial charge in [-0.1, -0.05) is 48.5 Å². The number of thiazole rings is 1. The molecule has 8 rings (SSSR count). The number of para-hydroxylation sites is 1. The van der Waals surface area contributed by atoms with Gasteiger partial charge < -0.3 is 19.5 Å². The van der Waals surface area contributed by atoms with E-state index in [1.165, 1.54) is 22.2 Å². The van der Waals surface area contributed by atoms with Gasteiger partial charge in [0.2, 0.25) is 5.91 Å². The molecule has 2 fully saturated rings. The van der Waals surface area contributed by atoms with Crippen LogP contribution >= 0.6 is 11.3 Å². The van der Waals surface area contributed by atoms with E-state index in [0.717, 1.165) is 27.5 Å². The second-order valence-corrected chi connectivity index (χ2v) is 15.3. The lowest BCUT2D eigenvalue weighted by atomic mass is 9.79. The number of carbonyl (C=O) groups is 2. The van der Waals surface area contributed by atoms with E-state index in [0.29, 0.717) is 67.0 Å². The molecule has 0 spiro atoms. The van der Waals surface area contributed by atoms with Crippen molar-refractivity contribution in [2.24, 2.45) is 5.92 Å². The zero-order valence-electron chi connectivity index (χ0n) is 29.8. The Morgan fingerprint density at radius 2 is 1.64 bits per heavy atom. The van der Waals surface area contributed by atoms with Crippen molar-refractivity contribution in [1.29, 1.82) is 0 Å². The number of hydrogen-bond acceptors (Lipinski definition) is 8. The van der Waals surface area contributed by atoms with E-state index in [1.807, 2.05) is 107 Å². The Hall–Kier alpha value is -5.46. The number of aryl methyl sites for hydroxylation is 2. The minimum atomic E-state index is -1.16. The lowest BCUT2D eigenvalue weighted by Gasteiger charge is -2.43. The first-order chi connectivity index (χ1) is 25.7. The molecule has 2 atom stereocenters. The van der Waals surface area contributed by atoms with Gasteiger partial charge >= 0.3 is 0 Å². The quantitative estimate of drug-likeness (QED) is 0.226. The molecule has 270 valence electrons. The van der Waals surface area contributed by atoms with Crippen LogP contribution in [0.4, 0.5) is 0 Å². The number of pyridine rings is 1. The maximum atomic E-state index is 14.3. The topological polar surface area (TPSA) is 126 Å². The lowest BCUT2D eigenvalue weighted by molar-refractivity contribution is -0.142. The molecule has 0 unspecified atom stereocenters. The summed E-state index contributed by atoms with van der Waals surface area (Å²) in [5, 5.41) is 12.9. The van der Waals surface area contributed by atoms with E-state index in [1.54, 1.807) is 12.3 Å². The molecule has 53 heavy (non-hydrogen) atoms. The number of nitrogens with zero attached hydrogens (tertiary/aromatic N) is 7. The van der Waals surface area contributed by atoms with Crippen molar-refractivity contribution >= 4 is 34.2 Å². The van der Waals surface area contributed by atoms with E-state index >= 15 is 0 Å². The largest absolute Gasteiger partial charge is 0.388 e. The number of fused-ring (bicyclic) bond motifs is 1. The number of piperidine rings is 2. The summed E-state index contributed by atoms with van der Waals surface area (Å²) >= 11 is 1.38. The number of benzene rings is 2. The Labute approximate surface area is 311 Å². The fraction of sp³-hybridized carbons (Fsp3) is 0.317. The molecule has 1 N–H and O–H groups in total. The predicted molar refractivity (Wildman–Crippen MR) is 204 cm³/mol. The third-order valence-corrected chi connectivity index (χ3v) is 12.0. The first-order valence-corrected chi connectivity index (χ1v) is 18.9. The fourth-order valence-corrected chi connectivity index (χ4v) is 8.77. The second kappa shape index (κ2) is 14.2. The van der Waals surface area contributed by atoms with Gasteiger partial charge in [0.25, 0.3) is 11.5 Å². The number of rotatable bonds is 7. The molecule has 11 nitrogen and oxygen atoms in total. The van der Waals surface area contributed by atoms with Crippen molar-refractivity contribution in [2.45, 2.75) is 51.2 Å². The molecular weight excluding hydrogens is 687 g/mol. The fourth-order valence-electron chi connectivity index (χ4n) is 7.74. The third-order valence-electron chi connectivity index (χ3n) is 10.8. The average molecular weight is 728 g/mol. The van der Waals surface area contributed by atoms with Crippen LogP contribution in [0, 0.1) is 19.8 Å². The second-order valence-electron chi connectivity index (χ2n) is 14.3. The first kappa shape index (κ1) is 34.6. The Morgan fingerprint density at radius 1 is 0.906 bits per heavy atom. The molecule has 2 saturated heterocycles. The summed E-state index contributed by atoms with van der Waals surface area (Å²) in [6, 6.07) is 25.4. The molecular formula is C41H41N7O4S. The molecule has 12 heteroatoms. The van der Waals surface area contributed by atoms with Gasteiger partial charge in [0.15, 0.2) is 5.65 Å². The summed E-state index contributed by atoms with van der Waals surface area (Å²) in [5.41, 5.74) is 3.62. The van der Waals surface area contributed by atoms with Gasteiger partial charge in [-0.15, -0.1) is 11.3 Å². The smallest absolute Gasteiger partial charge is 0.265 e. The highest BCUT2D eigenvalue weighted by Gasteiger charge is 2.42. The van der Waals surface area contributed by atoms with Gasteiger partial charge in [-0.3, -0.25) is 23.9 Å². The normalized spacial score (nSPS) is 18.7. The van der Waals surface area contributed by atoms with Crippen LogP contribution in [0.1, 0.15) is 51.8 Å². The molecule has 2 aromatic carbocycles. The number of hydrogen-bond donors (Lipinski definition) is 1. The highest BCUT2D eigenvalue weighted by atomic mass is 32.1. The van der Waals surface area contributed by atoms with Crippen LogP contribution in [0.3, 0.4) is 0 Å². The zero-order valence-corrected chi connectivity index (χ0v) is 30.6. The minimum Gasteiger partial charge on any atom is -0.388 e. The summed E-state index contributed by atoms with van der Waals surface area (Å²) in [5.74, 6) is -0.526. The van der Waals surface area contributed by atoms with Crippen LogP contribution in [0.25, 0.3) is 27.3 Å². The van der Waals surface area contributed by atoms with Crippen LogP contribution in [0.5, 0.6) is 0 Å². The van der Waals surface area contributed by atoms with Gasteiger partial charge in [-0.2, -0.15) is 0 Å². The zero-order chi connectivity index (χ0) is 36.7. The van der Waals surface area contributed by atoms with Gasteiger partial charge in [-0.25, -0.2) is 9.97 Å². The van der Waals surface area contributed by atoms with Crippen molar-refractivity contribution in [3.05, 3.63) is 130 Å². The highest BCUT2D eigenvalue weighted by Crippen LogP contribution is 2.37. The minimum absolute atomic E-state index is 0.0404. The summed E-state index contributed by atoms with van der Waals surface area (Å²) in [4.78, 5) is 59.8. The lowest BCUT2D eigenvalue weighted by Crippen LogP contribution is -2.53. The van der Waals surface area contributed by atoms with Gasteiger partial charge in [0.1, 0.15) is 16.2 Å². The molecule has 0 bridgehead atoms. The molecule has 2 amide bonds. The van der Waals surface area contributed by atoms with Gasteiger partial charge in [0.05, 0.1) is 23.2 Å². The van der Waals surface area contributed by atoms with Gasteiger partial charge in [-0.05, 0) is 69.0 Å². The Morgan fingerprint density at radius 3 is 2.36 bits per heavy atom. The number of aromatic nitrogens is 5. The van der Waals surface area contributed by atoms with E-state index in [9.17, 15) is 19.5 Å². The molecule has 6 aromatic rings. The molecule has 2 aliphatic rings. The molecule has 4 aromatic heterocycles. The van der Waals surface area contributed by atoms with Crippen molar-refractivity contribution in [2.75, 3.05) is 26.2 Å². The number of likely N-dealkylation sites (tertiary alicyclic amines) is 2. The Bertz CT molecular complexity index is 2330. The molecule has 0 radical (unpaired) electrons. The molecule has 6 heterocycles. The highest BCUT2D eigenvalue weighted by molar-refractivity contribution is 7.17. The summed E-state index contributed by atoms with van der Waals surface area (Å²) in [6.45, 7) is 5.52. The van der Waals surface area contributed by atoms with E-state index in [-0.39, 0.29) is 35.8 Å². The number of aliphatic hydroxyl groups is 1. The standard InChI is InChI=1S/C41H41N7O4S/c1-27-13-14-30(23-42-27)37-44-28(2)35(53-37)40(51)46-19-15-32(34(24-46)29-9-5-3-6-10-29)38(49)45-21-17-41(52,18-22-45)25-47-26-43-36-33(39(47)50)16-20-48(36)31-11-7-4-8-12-31/h3-14,16,20,23,26,32,34,52H,15,17-19,21-22,24-25H2,1-2H3/t32-,34+/m0/s1. The third kappa shape index (κ3) is 6.80. The maximum Gasteiger partial charge on any atom is 0.265 e. The Balaban J connectivity index is 0.954. The molecule has 2 aliphatic heterocycles. The molecule has 0 saturated carbocycles. The number of amides is 2. The van der Waals surface area contributed by atoms with Crippen LogP contribution < -0.4 is 5.56 Å². The first-order valence-electron chi connectivity index (χ1n) is 18.1. The van der Waals surface area contributed by atoms with Crippen LogP contribution in [-0.2, 0) is 11.3 Å². The summed E-state index contributed by atoms with van der Waals surface area (Å²) in [7, 11) is 0. The van der Waals surface area contributed by atoms with Crippen molar-refractivity contribution in [3.8, 4) is 16.3 Å². The summed E-state index contributed by atoms with van der Waals surface area (Å²) < 4.78 is 3.36. The van der Waals surface area contributed by atoms with Crippen molar-refractivity contribution in [3.63, 3.8) is 0 Å². The van der Waals surface area contributed by atoms with E-state index < -0.39 is 5.60 Å². The van der Waals surface area contributed by atoms with Crippen molar-refractivity contribution < 1.29 is 14.7 Å². The van der Waals surface area contributed by atoms with E-state index in [2.05, 4.69) is 9.97 Å². The number of carbonyl (C=O) groups excluding carboxylic acids is 2. The van der Waals surface area contributed by atoms with E-state index in [4.69, 9.17) is 4.98 Å². The van der Waals surface area contributed by atoms with Gasteiger partial charge in [0, 0.05) is 67.4 Å². The predicted octanol–water partition coefficient (Wildman–Crippen LogP) is 5.62. The summed E-state index contributed by atoms with van der Waals surface area (Å²) in [6.07, 6.45) is 6.33.